The van der Waals surface area contributed by atoms with Crippen molar-refractivity contribution < 1.29 is 37.3 Å². The number of likely N-dealkylation sites (N-methyl/N-ethyl adjacent to an activating group) is 1. The average Bonchev–Trinajstić information content (AvgIpc) is 3.35. The lowest BCUT2D eigenvalue weighted by molar-refractivity contribution is -0.134. The summed E-state index contributed by atoms with van der Waals surface area (Å²) in [5.41, 5.74) is 1.47. The van der Waals surface area contributed by atoms with Gasteiger partial charge in [0.1, 0.15) is 11.9 Å². The van der Waals surface area contributed by atoms with Gasteiger partial charge in [-0.2, -0.15) is 0 Å². The zero-order valence-corrected chi connectivity index (χ0v) is 23.2. The molecule has 39 heavy (non-hydrogen) atoms. The molecule has 0 fully saturated rings. The fraction of sp³-hybridized carbons (Fsp3) is 0.462. The van der Waals surface area contributed by atoms with Crippen molar-refractivity contribution in [3.05, 3.63) is 42.0 Å². The van der Waals surface area contributed by atoms with Gasteiger partial charge in [0.15, 0.2) is 11.5 Å². The minimum Gasteiger partial charge on any atom is -0.488 e. The smallest absolute Gasteiger partial charge is 0.323 e. The Balaban J connectivity index is 1.57. The standard InChI is InChI=1S/C26H34N4O8S/c1-16-12-30(17(2)14-31)25(32)10-18-9-19(5-7-21(18)38-24(16)13-29(3)39(4,34)35)27-26(33)28-20-6-8-22-23(11-20)37-15-36-22/h5-9,11,16-17,24,31H,10,12-15H2,1-4H3,(H2,27,28,33)/t16-,17+,24-/m1/s1. The number of rotatable bonds is 7. The molecule has 0 unspecified atom stereocenters. The number of benzene rings is 2. The van der Waals surface area contributed by atoms with Gasteiger partial charge in [0.2, 0.25) is 22.7 Å². The monoisotopic (exact) mass is 562 g/mol. The number of nitrogens with zero attached hydrogens (tertiary/aromatic N) is 2. The first-order valence-electron chi connectivity index (χ1n) is 12.5. The minimum atomic E-state index is -3.46. The summed E-state index contributed by atoms with van der Waals surface area (Å²) in [6, 6.07) is 9.07. The number of hydrogen-bond acceptors (Lipinski definition) is 8. The van der Waals surface area contributed by atoms with Gasteiger partial charge in [0.05, 0.1) is 31.9 Å². The van der Waals surface area contributed by atoms with Gasteiger partial charge in [-0.3, -0.25) is 4.79 Å². The molecule has 3 amide bonds. The van der Waals surface area contributed by atoms with E-state index in [1.807, 2.05) is 6.92 Å². The van der Waals surface area contributed by atoms with Crippen LogP contribution in [0.25, 0.3) is 0 Å². The van der Waals surface area contributed by atoms with Crippen LogP contribution in [0.3, 0.4) is 0 Å². The Bertz CT molecular complexity index is 1340. The van der Waals surface area contributed by atoms with Crippen LogP contribution in [0.5, 0.6) is 17.2 Å². The highest BCUT2D eigenvalue weighted by Crippen LogP contribution is 2.34. The highest BCUT2D eigenvalue weighted by Gasteiger charge is 2.32. The van der Waals surface area contributed by atoms with Crippen molar-refractivity contribution in [3.8, 4) is 17.2 Å². The highest BCUT2D eigenvalue weighted by molar-refractivity contribution is 7.88. The molecule has 2 aliphatic heterocycles. The van der Waals surface area contributed by atoms with Crippen molar-refractivity contribution in [3.63, 3.8) is 0 Å². The summed E-state index contributed by atoms with van der Waals surface area (Å²) in [6.07, 6.45) is 0.521. The molecule has 212 valence electrons. The average molecular weight is 563 g/mol. The normalized spacial score (nSPS) is 19.8. The zero-order chi connectivity index (χ0) is 28.3. The van der Waals surface area contributed by atoms with Gasteiger partial charge in [0.25, 0.3) is 0 Å². The number of carbonyl (C=O) groups excluding carboxylic acids is 2. The van der Waals surface area contributed by atoms with Crippen molar-refractivity contribution in [2.75, 3.05) is 50.4 Å². The van der Waals surface area contributed by atoms with E-state index < -0.39 is 28.2 Å². The van der Waals surface area contributed by atoms with Gasteiger partial charge in [-0.25, -0.2) is 17.5 Å². The summed E-state index contributed by atoms with van der Waals surface area (Å²) < 4.78 is 42.3. The molecular formula is C26H34N4O8S. The summed E-state index contributed by atoms with van der Waals surface area (Å²) in [5.74, 6) is 1.09. The van der Waals surface area contributed by atoms with Crippen molar-refractivity contribution >= 4 is 33.3 Å². The molecule has 0 bridgehead atoms. The number of urea groups is 1. The van der Waals surface area contributed by atoms with Crippen molar-refractivity contribution in [1.29, 1.82) is 0 Å². The molecule has 13 heteroatoms. The fourth-order valence-corrected chi connectivity index (χ4v) is 4.80. The molecule has 0 saturated heterocycles. The Morgan fingerprint density at radius 1 is 1.13 bits per heavy atom. The van der Waals surface area contributed by atoms with Gasteiger partial charge in [-0.15, -0.1) is 0 Å². The number of aliphatic hydroxyl groups excluding tert-OH is 1. The lowest BCUT2D eigenvalue weighted by Gasteiger charge is -2.33. The van der Waals surface area contributed by atoms with Gasteiger partial charge < -0.3 is 34.9 Å². The molecule has 2 aliphatic rings. The first kappa shape index (κ1) is 28.5. The van der Waals surface area contributed by atoms with E-state index in [2.05, 4.69) is 10.6 Å². The Hall–Kier alpha value is -3.55. The number of aliphatic hydroxyl groups is 1. The summed E-state index contributed by atoms with van der Waals surface area (Å²) >= 11 is 0. The van der Waals surface area contributed by atoms with Crippen LogP contribution in [-0.2, 0) is 21.2 Å². The molecule has 0 aliphatic carbocycles. The predicted molar refractivity (Wildman–Crippen MR) is 145 cm³/mol. The maximum Gasteiger partial charge on any atom is 0.323 e. The van der Waals surface area contributed by atoms with Crippen LogP contribution < -0.4 is 24.8 Å². The molecule has 0 saturated carbocycles. The molecule has 2 aromatic rings. The van der Waals surface area contributed by atoms with Crippen LogP contribution in [0.15, 0.2) is 36.4 Å². The number of sulfonamides is 1. The number of ether oxygens (including phenoxy) is 3. The van der Waals surface area contributed by atoms with Crippen LogP contribution in [0.4, 0.5) is 16.2 Å². The van der Waals surface area contributed by atoms with E-state index >= 15 is 0 Å². The van der Waals surface area contributed by atoms with Crippen LogP contribution in [-0.4, -0.2) is 86.6 Å². The number of hydrogen-bond donors (Lipinski definition) is 3. The van der Waals surface area contributed by atoms with E-state index in [4.69, 9.17) is 14.2 Å². The van der Waals surface area contributed by atoms with E-state index in [9.17, 15) is 23.1 Å². The molecule has 3 N–H and O–H groups in total. The van der Waals surface area contributed by atoms with E-state index in [-0.39, 0.29) is 44.7 Å². The third-order valence-corrected chi connectivity index (χ3v) is 8.09. The summed E-state index contributed by atoms with van der Waals surface area (Å²) in [6.45, 7) is 3.89. The van der Waals surface area contributed by atoms with E-state index in [0.29, 0.717) is 34.2 Å². The third-order valence-electron chi connectivity index (χ3n) is 6.81. The Kier molecular flexibility index (Phi) is 8.52. The first-order valence-corrected chi connectivity index (χ1v) is 14.4. The number of anilines is 2. The van der Waals surface area contributed by atoms with E-state index in [1.165, 1.54) is 11.4 Å². The molecule has 0 spiro atoms. The van der Waals surface area contributed by atoms with Crippen LogP contribution in [0.2, 0.25) is 0 Å². The molecule has 0 radical (unpaired) electrons. The lowest BCUT2D eigenvalue weighted by Crippen LogP contribution is -2.48. The highest BCUT2D eigenvalue weighted by atomic mass is 32.2. The van der Waals surface area contributed by atoms with Crippen molar-refractivity contribution in [2.24, 2.45) is 5.92 Å². The van der Waals surface area contributed by atoms with Crippen LogP contribution >= 0.6 is 0 Å². The molecule has 12 nitrogen and oxygen atoms in total. The second-order valence-corrected chi connectivity index (χ2v) is 12.0. The molecule has 2 heterocycles. The summed E-state index contributed by atoms with van der Waals surface area (Å²) in [5, 5.41) is 15.3. The summed E-state index contributed by atoms with van der Waals surface area (Å²) in [4.78, 5) is 27.6. The van der Waals surface area contributed by atoms with Gasteiger partial charge in [-0.05, 0) is 37.3 Å². The Morgan fingerprint density at radius 3 is 2.44 bits per heavy atom. The van der Waals surface area contributed by atoms with E-state index in [0.717, 1.165) is 6.26 Å². The Morgan fingerprint density at radius 2 is 1.77 bits per heavy atom. The van der Waals surface area contributed by atoms with Gasteiger partial charge >= 0.3 is 6.03 Å². The van der Waals surface area contributed by atoms with Gasteiger partial charge in [-0.1, -0.05) is 6.92 Å². The van der Waals surface area contributed by atoms with Crippen molar-refractivity contribution in [2.45, 2.75) is 32.4 Å². The topological polar surface area (TPSA) is 147 Å². The fourth-order valence-electron chi connectivity index (χ4n) is 4.38. The SMILES string of the molecule is C[C@@H]1CN([C@@H](C)CO)C(=O)Cc2cc(NC(=O)Nc3ccc4c(c3)OCO4)ccc2O[C@@H]1CN(C)S(C)(=O)=O. The number of nitrogens with one attached hydrogen (secondary N) is 2. The number of fused-ring (bicyclic) bond motifs is 2. The second-order valence-electron chi connectivity index (χ2n) is 9.90. The molecule has 2 aromatic carbocycles. The largest absolute Gasteiger partial charge is 0.488 e. The molecule has 4 rings (SSSR count). The second kappa shape index (κ2) is 11.7. The predicted octanol–water partition coefficient (Wildman–Crippen LogP) is 2.10. The first-order chi connectivity index (χ1) is 18.4. The zero-order valence-electron chi connectivity index (χ0n) is 22.3. The van der Waals surface area contributed by atoms with E-state index in [1.54, 1.807) is 48.2 Å². The Labute approximate surface area is 227 Å². The lowest BCUT2D eigenvalue weighted by atomic mass is 10.0. The van der Waals surface area contributed by atoms with Gasteiger partial charge in [0, 0.05) is 42.5 Å². The molecule has 3 atom stereocenters. The van der Waals surface area contributed by atoms with Crippen LogP contribution in [0.1, 0.15) is 19.4 Å². The number of carbonyl (C=O) groups is 2. The minimum absolute atomic E-state index is 0.0275. The molecule has 0 aromatic heterocycles. The molecular weight excluding hydrogens is 528 g/mol. The number of amides is 3. The third kappa shape index (κ3) is 6.91. The van der Waals surface area contributed by atoms with Crippen LogP contribution in [0, 0.1) is 5.92 Å². The maximum atomic E-state index is 13.3. The quantitative estimate of drug-likeness (QED) is 0.465. The van der Waals surface area contributed by atoms with Crippen molar-refractivity contribution in [1.82, 2.24) is 9.21 Å². The summed E-state index contributed by atoms with van der Waals surface area (Å²) in [7, 11) is -1.99. The maximum absolute atomic E-state index is 13.3.